The van der Waals surface area contributed by atoms with E-state index in [0.29, 0.717) is 12.8 Å². The van der Waals surface area contributed by atoms with Crippen LogP contribution in [0.15, 0.2) is 18.7 Å². The molecular weight excluding hydrogens is 220 g/mol. The molecule has 0 amide bonds. The van der Waals surface area contributed by atoms with Crippen molar-refractivity contribution < 1.29 is 14.1 Å². The fourth-order valence-corrected chi connectivity index (χ4v) is 1.83. The van der Waals surface area contributed by atoms with E-state index < -0.39 is 8.07 Å². The number of ether oxygens (including phenoxy) is 1. The molecule has 1 N–H and O–H groups in total. The predicted molar refractivity (Wildman–Crippen MR) is 64.5 cm³/mol. The molecule has 5 heteroatoms. The molecule has 1 rings (SSSR count). The second-order valence-corrected chi connectivity index (χ2v) is 10.8. The van der Waals surface area contributed by atoms with Gasteiger partial charge in [-0.2, -0.15) is 0 Å². The van der Waals surface area contributed by atoms with Gasteiger partial charge in [-0.3, -0.25) is 9.78 Å². The van der Waals surface area contributed by atoms with E-state index in [1.54, 1.807) is 0 Å². The summed E-state index contributed by atoms with van der Waals surface area (Å²) in [6, 6.07) is 0. The summed E-state index contributed by atoms with van der Waals surface area (Å²) >= 11 is 0. The standard InChI is InChI=1S/C11H20N2O2Si/c1-10(7-13-6-5-12-8-13)11(14)15-9-16(2,3)4/h5-6,8,10H,7,9H2,1-4H3/p+1. The molecule has 0 saturated heterocycles. The van der Waals surface area contributed by atoms with Crippen LogP contribution in [0.2, 0.25) is 19.6 Å². The number of hydrogen-bond donors (Lipinski definition) is 1. The third kappa shape index (κ3) is 4.61. The van der Waals surface area contributed by atoms with Crippen molar-refractivity contribution in [2.45, 2.75) is 33.1 Å². The first kappa shape index (κ1) is 13.0. The Labute approximate surface area is 97.6 Å². The molecule has 0 fully saturated rings. The van der Waals surface area contributed by atoms with Gasteiger partial charge in [0.1, 0.15) is 18.9 Å². The van der Waals surface area contributed by atoms with Crippen molar-refractivity contribution in [1.29, 1.82) is 0 Å². The zero-order valence-corrected chi connectivity index (χ0v) is 11.5. The number of hydrogen-bond acceptors (Lipinski definition) is 2. The van der Waals surface area contributed by atoms with E-state index in [0.717, 1.165) is 0 Å². The van der Waals surface area contributed by atoms with Crippen molar-refractivity contribution in [3.05, 3.63) is 18.7 Å². The topological polar surface area (TPSA) is 46.0 Å². The molecule has 0 aliphatic heterocycles. The van der Waals surface area contributed by atoms with E-state index in [9.17, 15) is 4.79 Å². The highest BCUT2D eigenvalue weighted by atomic mass is 28.3. The number of imidazole rings is 1. The number of esters is 1. The van der Waals surface area contributed by atoms with E-state index >= 15 is 0 Å². The Hall–Kier alpha value is -1.10. The lowest BCUT2D eigenvalue weighted by molar-refractivity contribution is -0.699. The van der Waals surface area contributed by atoms with Gasteiger partial charge < -0.3 is 4.74 Å². The summed E-state index contributed by atoms with van der Waals surface area (Å²) in [7, 11) is -1.30. The van der Waals surface area contributed by atoms with Crippen LogP contribution < -0.4 is 4.57 Å². The van der Waals surface area contributed by atoms with Crippen LogP contribution in [-0.2, 0) is 16.1 Å². The highest BCUT2D eigenvalue weighted by Gasteiger charge is 2.21. The van der Waals surface area contributed by atoms with Crippen LogP contribution in [0, 0.1) is 5.92 Å². The number of aromatic amines is 1. The van der Waals surface area contributed by atoms with Crippen LogP contribution >= 0.6 is 0 Å². The summed E-state index contributed by atoms with van der Waals surface area (Å²) in [5.74, 6) is -0.201. The van der Waals surface area contributed by atoms with Crippen LogP contribution in [0.3, 0.4) is 0 Å². The predicted octanol–water partition coefficient (Wildman–Crippen LogP) is 1.36. The average molecular weight is 241 g/mol. The Morgan fingerprint density at radius 2 is 2.19 bits per heavy atom. The fraction of sp³-hybridized carbons (Fsp3) is 0.636. The zero-order chi connectivity index (χ0) is 12.2. The van der Waals surface area contributed by atoms with Crippen molar-refractivity contribution in [2.24, 2.45) is 5.92 Å². The van der Waals surface area contributed by atoms with Gasteiger partial charge in [0.25, 0.3) is 0 Å². The summed E-state index contributed by atoms with van der Waals surface area (Å²) in [5, 5.41) is 0. The molecular formula is C11H21N2O2Si+. The molecule has 16 heavy (non-hydrogen) atoms. The largest absolute Gasteiger partial charge is 0.469 e. The first-order valence-electron chi connectivity index (χ1n) is 5.57. The van der Waals surface area contributed by atoms with E-state index in [1.807, 2.05) is 30.2 Å². The van der Waals surface area contributed by atoms with Crippen molar-refractivity contribution in [2.75, 3.05) is 6.23 Å². The van der Waals surface area contributed by atoms with Crippen molar-refractivity contribution in [1.82, 2.24) is 4.98 Å². The molecule has 0 radical (unpaired) electrons. The zero-order valence-electron chi connectivity index (χ0n) is 10.5. The van der Waals surface area contributed by atoms with E-state index in [4.69, 9.17) is 4.74 Å². The minimum atomic E-state index is -1.30. The van der Waals surface area contributed by atoms with E-state index in [2.05, 4.69) is 24.6 Å². The van der Waals surface area contributed by atoms with Gasteiger partial charge in [-0.1, -0.05) is 19.6 Å². The second kappa shape index (κ2) is 5.29. The lowest BCUT2D eigenvalue weighted by Gasteiger charge is -2.17. The van der Waals surface area contributed by atoms with Crippen LogP contribution in [0.5, 0.6) is 0 Å². The van der Waals surface area contributed by atoms with Gasteiger partial charge in [0, 0.05) is 0 Å². The highest BCUT2D eigenvalue weighted by Crippen LogP contribution is 2.04. The van der Waals surface area contributed by atoms with Crippen LogP contribution in [0.4, 0.5) is 0 Å². The Morgan fingerprint density at radius 3 is 2.69 bits per heavy atom. The SMILES string of the molecule is CC(C[n+]1cc[nH]c1)C(=O)OC[Si](C)(C)C. The second-order valence-electron chi connectivity index (χ2n) is 5.38. The molecule has 0 saturated carbocycles. The molecule has 0 aliphatic carbocycles. The third-order valence-electron chi connectivity index (χ3n) is 2.14. The van der Waals surface area contributed by atoms with Crippen LogP contribution in [0.25, 0.3) is 0 Å². The normalized spacial score (nSPS) is 13.5. The molecule has 4 nitrogen and oxygen atoms in total. The van der Waals surface area contributed by atoms with Crippen molar-refractivity contribution >= 4 is 14.0 Å². The molecule has 0 bridgehead atoms. The van der Waals surface area contributed by atoms with Gasteiger partial charge in [-0.15, -0.1) is 0 Å². The monoisotopic (exact) mass is 241 g/mol. The van der Waals surface area contributed by atoms with E-state index in [-0.39, 0.29) is 11.9 Å². The number of nitrogens with zero attached hydrogens (tertiary/aromatic N) is 1. The molecule has 1 aromatic heterocycles. The van der Waals surface area contributed by atoms with Gasteiger partial charge >= 0.3 is 5.97 Å². The number of nitrogens with one attached hydrogen (secondary N) is 1. The molecule has 1 aromatic rings. The Balaban J connectivity index is 2.37. The Morgan fingerprint density at radius 1 is 1.50 bits per heavy atom. The molecule has 0 spiro atoms. The van der Waals surface area contributed by atoms with Crippen molar-refractivity contribution in [3.8, 4) is 0 Å². The molecule has 1 unspecified atom stereocenters. The maximum absolute atomic E-state index is 11.7. The van der Waals surface area contributed by atoms with Gasteiger partial charge in [0.2, 0.25) is 6.33 Å². The first-order chi connectivity index (χ1) is 7.38. The van der Waals surface area contributed by atoms with Gasteiger partial charge in [0.05, 0.1) is 20.2 Å². The first-order valence-corrected chi connectivity index (χ1v) is 9.28. The Kier molecular flexibility index (Phi) is 4.29. The number of carbonyl (C=O) groups excluding carboxylic acids is 1. The highest BCUT2D eigenvalue weighted by molar-refractivity contribution is 6.76. The summed E-state index contributed by atoms with van der Waals surface area (Å²) in [6.45, 7) is 9.12. The van der Waals surface area contributed by atoms with Crippen molar-refractivity contribution in [3.63, 3.8) is 0 Å². The lowest BCUT2D eigenvalue weighted by Crippen LogP contribution is -2.39. The minimum Gasteiger partial charge on any atom is -0.469 e. The fourth-order valence-electron chi connectivity index (χ4n) is 1.25. The van der Waals surface area contributed by atoms with Gasteiger partial charge in [-0.05, 0) is 6.92 Å². The average Bonchev–Trinajstić information content (AvgIpc) is 2.65. The van der Waals surface area contributed by atoms with Crippen LogP contribution in [0.1, 0.15) is 6.92 Å². The van der Waals surface area contributed by atoms with Gasteiger partial charge in [-0.25, -0.2) is 4.57 Å². The summed E-state index contributed by atoms with van der Waals surface area (Å²) < 4.78 is 7.26. The van der Waals surface area contributed by atoms with Crippen LogP contribution in [-0.4, -0.2) is 25.3 Å². The minimum absolute atomic E-state index is 0.0999. The third-order valence-corrected chi connectivity index (χ3v) is 3.15. The number of H-pyrrole nitrogens is 1. The maximum atomic E-state index is 11.7. The molecule has 90 valence electrons. The smallest absolute Gasteiger partial charge is 0.312 e. The quantitative estimate of drug-likeness (QED) is 0.480. The summed E-state index contributed by atoms with van der Waals surface area (Å²) in [4.78, 5) is 14.6. The number of carbonyl (C=O) groups is 1. The molecule has 0 aromatic carbocycles. The maximum Gasteiger partial charge on any atom is 0.312 e. The molecule has 0 aliphatic rings. The number of aromatic nitrogens is 2. The van der Waals surface area contributed by atoms with Gasteiger partial charge in [0.15, 0.2) is 0 Å². The molecule has 1 atom stereocenters. The summed E-state index contributed by atoms with van der Waals surface area (Å²) in [5.41, 5.74) is 0. The lowest BCUT2D eigenvalue weighted by atomic mass is 10.2. The summed E-state index contributed by atoms with van der Waals surface area (Å²) in [6.07, 6.45) is 6.18. The Bertz CT molecular complexity index is 330. The molecule has 1 heterocycles. The van der Waals surface area contributed by atoms with E-state index in [1.165, 1.54) is 0 Å². The number of rotatable bonds is 5.